The summed E-state index contributed by atoms with van der Waals surface area (Å²) in [7, 11) is 0. The van der Waals surface area contributed by atoms with Crippen molar-refractivity contribution < 1.29 is 9.59 Å². The van der Waals surface area contributed by atoms with E-state index in [1.165, 1.54) is 0 Å². The predicted molar refractivity (Wildman–Crippen MR) is 114 cm³/mol. The zero-order valence-electron chi connectivity index (χ0n) is 15.7. The quantitative estimate of drug-likeness (QED) is 0.606. The molecule has 7 heteroatoms. The zero-order valence-corrected chi connectivity index (χ0v) is 17.3. The molecule has 28 heavy (non-hydrogen) atoms. The van der Waals surface area contributed by atoms with Crippen molar-refractivity contribution in [3.05, 3.63) is 69.7 Å². The van der Waals surface area contributed by atoms with Gasteiger partial charge >= 0.3 is 0 Å². The molecule has 0 saturated carbocycles. The Morgan fingerprint density at radius 3 is 2.32 bits per heavy atom. The van der Waals surface area contributed by atoms with Crippen molar-refractivity contribution >= 4 is 40.4 Å². The summed E-state index contributed by atoms with van der Waals surface area (Å²) in [5, 5.41) is 8.85. The summed E-state index contributed by atoms with van der Waals surface area (Å²) in [5.41, 5.74) is 3.24. The fourth-order valence-corrected chi connectivity index (χ4v) is 3.52. The third-order valence-corrected chi connectivity index (χ3v) is 5.25. The molecule has 144 valence electrons. The lowest BCUT2D eigenvalue weighted by Crippen LogP contribution is -2.30. The molecule has 0 atom stereocenters. The molecule has 0 aliphatic carbocycles. The Morgan fingerprint density at radius 1 is 1.04 bits per heavy atom. The van der Waals surface area contributed by atoms with Gasteiger partial charge in [0.1, 0.15) is 5.01 Å². The van der Waals surface area contributed by atoms with E-state index in [-0.39, 0.29) is 17.9 Å². The first kappa shape index (κ1) is 20.0. The van der Waals surface area contributed by atoms with E-state index in [1.807, 2.05) is 38.3 Å². The summed E-state index contributed by atoms with van der Waals surface area (Å²) in [6.45, 7) is 5.71. The largest absolute Gasteiger partial charge is 0.350 e. The number of amides is 2. The van der Waals surface area contributed by atoms with Crippen LogP contribution in [0.15, 0.2) is 47.8 Å². The number of aromatic nitrogens is 1. The van der Waals surface area contributed by atoms with Gasteiger partial charge < -0.3 is 10.6 Å². The molecule has 0 aliphatic heterocycles. The molecule has 3 rings (SSSR count). The highest BCUT2D eigenvalue weighted by Gasteiger charge is 2.13. The van der Waals surface area contributed by atoms with Crippen molar-refractivity contribution in [2.75, 3.05) is 5.32 Å². The van der Waals surface area contributed by atoms with Crippen molar-refractivity contribution in [1.82, 2.24) is 10.3 Å². The Balaban J connectivity index is 1.76. The van der Waals surface area contributed by atoms with E-state index in [4.69, 9.17) is 11.6 Å². The highest BCUT2D eigenvalue weighted by molar-refractivity contribution is 7.13. The number of benzene rings is 2. The molecule has 2 amide bonds. The Morgan fingerprint density at radius 2 is 1.71 bits per heavy atom. The number of rotatable bonds is 5. The summed E-state index contributed by atoms with van der Waals surface area (Å²) in [6, 6.07) is 12.0. The van der Waals surface area contributed by atoms with Crippen molar-refractivity contribution in [2.45, 2.75) is 26.8 Å². The van der Waals surface area contributed by atoms with Crippen LogP contribution >= 0.6 is 22.9 Å². The Labute approximate surface area is 172 Å². The van der Waals surface area contributed by atoms with E-state index < -0.39 is 0 Å². The normalized spacial score (nSPS) is 10.8. The minimum absolute atomic E-state index is 0.0151. The number of thiazole rings is 1. The second-order valence-corrected chi connectivity index (χ2v) is 7.91. The second kappa shape index (κ2) is 8.54. The van der Waals surface area contributed by atoms with Crippen LogP contribution in [0.1, 0.15) is 40.3 Å². The number of aryl methyl sites for hydroxylation is 1. The van der Waals surface area contributed by atoms with Gasteiger partial charge in [0.05, 0.1) is 10.7 Å². The SMILES string of the molecule is Cc1csc(-c2ccc(C(=O)Nc3cc(C(=O)NC(C)C)ccc3Cl)cc2)n1. The first-order valence-corrected chi connectivity index (χ1v) is 10.0. The summed E-state index contributed by atoms with van der Waals surface area (Å²) in [4.78, 5) is 29.2. The van der Waals surface area contributed by atoms with E-state index >= 15 is 0 Å². The lowest BCUT2D eigenvalue weighted by atomic mass is 10.1. The molecule has 0 bridgehead atoms. The van der Waals surface area contributed by atoms with Crippen LogP contribution in [0.4, 0.5) is 5.69 Å². The van der Waals surface area contributed by atoms with Gasteiger partial charge in [-0.2, -0.15) is 0 Å². The van der Waals surface area contributed by atoms with Crippen LogP contribution in [-0.2, 0) is 0 Å². The average molecular weight is 414 g/mol. The Hall–Kier alpha value is -2.70. The zero-order chi connectivity index (χ0) is 20.3. The molecule has 1 aromatic heterocycles. The first-order chi connectivity index (χ1) is 13.3. The van der Waals surface area contributed by atoms with Gasteiger partial charge in [0.2, 0.25) is 0 Å². The molecule has 3 aromatic rings. The lowest BCUT2D eigenvalue weighted by molar-refractivity contribution is 0.0942. The minimum atomic E-state index is -0.301. The summed E-state index contributed by atoms with van der Waals surface area (Å²) >= 11 is 7.76. The van der Waals surface area contributed by atoms with Crippen LogP contribution in [0.5, 0.6) is 0 Å². The van der Waals surface area contributed by atoms with Crippen LogP contribution in [0.25, 0.3) is 10.6 Å². The van der Waals surface area contributed by atoms with Crippen molar-refractivity contribution in [2.24, 2.45) is 0 Å². The first-order valence-electron chi connectivity index (χ1n) is 8.78. The molecule has 0 unspecified atom stereocenters. The van der Waals surface area contributed by atoms with Crippen molar-refractivity contribution in [3.8, 4) is 10.6 Å². The van der Waals surface area contributed by atoms with Crippen LogP contribution < -0.4 is 10.6 Å². The van der Waals surface area contributed by atoms with Crippen molar-refractivity contribution in [1.29, 1.82) is 0 Å². The number of anilines is 1. The van der Waals surface area contributed by atoms with Gasteiger partial charge in [-0.25, -0.2) is 4.98 Å². The van der Waals surface area contributed by atoms with E-state index in [2.05, 4.69) is 15.6 Å². The number of hydrogen-bond donors (Lipinski definition) is 2. The van der Waals surface area contributed by atoms with Crippen LogP contribution in [0.3, 0.4) is 0 Å². The topological polar surface area (TPSA) is 71.1 Å². The van der Waals surface area contributed by atoms with Crippen LogP contribution in [-0.4, -0.2) is 22.8 Å². The monoisotopic (exact) mass is 413 g/mol. The number of carbonyl (C=O) groups excluding carboxylic acids is 2. The third-order valence-electron chi connectivity index (χ3n) is 3.91. The maximum atomic E-state index is 12.6. The standard InChI is InChI=1S/C21H20ClN3O2S/c1-12(2)23-20(27)16-8-9-17(22)18(10-16)25-19(26)14-4-6-15(7-5-14)21-24-13(3)11-28-21/h4-12H,1-3H3,(H,23,27)(H,25,26). The number of halogens is 1. The van der Waals surface area contributed by atoms with Gasteiger partial charge in [-0.05, 0) is 51.1 Å². The second-order valence-electron chi connectivity index (χ2n) is 6.65. The smallest absolute Gasteiger partial charge is 0.255 e. The predicted octanol–water partition coefficient (Wildman–Crippen LogP) is 5.16. The van der Waals surface area contributed by atoms with E-state index in [9.17, 15) is 9.59 Å². The molecular formula is C21H20ClN3O2S. The number of hydrogen-bond acceptors (Lipinski definition) is 4. The highest BCUT2D eigenvalue weighted by atomic mass is 35.5. The molecular weight excluding hydrogens is 394 g/mol. The maximum Gasteiger partial charge on any atom is 0.255 e. The number of nitrogens with one attached hydrogen (secondary N) is 2. The van der Waals surface area contributed by atoms with Gasteiger partial charge in [-0.3, -0.25) is 9.59 Å². The van der Waals surface area contributed by atoms with Crippen LogP contribution in [0, 0.1) is 6.92 Å². The maximum absolute atomic E-state index is 12.6. The molecule has 0 saturated heterocycles. The van der Waals surface area contributed by atoms with Crippen LogP contribution in [0.2, 0.25) is 5.02 Å². The Kier molecular flexibility index (Phi) is 6.11. The van der Waals surface area contributed by atoms with Gasteiger partial charge in [0.15, 0.2) is 0 Å². The number of carbonyl (C=O) groups is 2. The van der Waals surface area contributed by atoms with E-state index in [1.54, 1.807) is 41.7 Å². The Bertz CT molecular complexity index is 1010. The molecule has 0 aliphatic rings. The highest BCUT2D eigenvalue weighted by Crippen LogP contribution is 2.26. The van der Waals surface area contributed by atoms with Gasteiger partial charge in [-0.1, -0.05) is 23.7 Å². The summed E-state index contributed by atoms with van der Waals surface area (Å²) in [5.74, 6) is -0.518. The molecule has 2 N–H and O–H groups in total. The van der Waals surface area contributed by atoms with Gasteiger partial charge in [0.25, 0.3) is 11.8 Å². The minimum Gasteiger partial charge on any atom is -0.350 e. The molecule has 0 radical (unpaired) electrons. The molecule has 5 nitrogen and oxygen atoms in total. The summed E-state index contributed by atoms with van der Waals surface area (Å²) in [6.07, 6.45) is 0. The molecule has 1 heterocycles. The summed E-state index contributed by atoms with van der Waals surface area (Å²) < 4.78 is 0. The molecule has 0 fully saturated rings. The van der Waals surface area contributed by atoms with Crippen molar-refractivity contribution in [3.63, 3.8) is 0 Å². The van der Waals surface area contributed by atoms with Gasteiger partial charge in [0, 0.05) is 33.8 Å². The lowest BCUT2D eigenvalue weighted by Gasteiger charge is -2.12. The third kappa shape index (κ3) is 4.77. The average Bonchev–Trinajstić information content (AvgIpc) is 3.09. The fourth-order valence-electron chi connectivity index (χ4n) is 2.55. The molecule has 2 aromatic carbocycles. The van der Waals surface area contributed by atoms with E-state index in [0.29, 0.717) is 21.8 Å². The fraction of sp³-hybridized carbons (Fsp3) is 0.190. The molecule has 0 spiro atoms. The van der Waals surface area contributed by atoms with Gasteiger partial charge in [-0.15, -0.1) is 11.3 Å². The number of nitrogens with zero attached hydrogens (tertiary/aromatic N) is 1. The van der Waals surface area contributed by atoms with E-state index in [0.717, 1.165) is 16.3 Å².